The van der Waals surface area contributed by atoms with Crippen molar-refractivity contribution in [1.82, 2.24) is 20.9 Å². The third-order valence-electron chi connectivity index (χ3n) is 5.95. The Balaban J connectivity index is 1.88. The van der Waals surface area contributed by atoms with Gasteiger partial charge in [0.2, 0.25) is 41.4 Å². The molecule has 8 amide bonds. The minimum Gasteiger partial charge on any atom is -0.445 e. The highest BCUT2D eigenvalue weighted by molar-refractivity contribution is 7.81. The van der Waals surface area contributed by atoms with E-state index >= 15 is 0 Å². The molecule has 1 saturated heterocycles. The molecule has 1 aromatic rings. The maximum atomic E-state index is 12.8. The second kappa shape index (κ2) is 15.4. The van der Waals surface area contributed by atoms with Gasteiger partial charge in [-0.2, -0.15) is 12.6 Å². The molecule has 1 aliphatic heterocycles. The summed E-state index contributed by atoms with van der Waals surface area (Å²) in [5.74, 6) is -4.71. The van der Waals surface area contributed by atoms with Gasteiger partial charge in [0.15, 0.2) is 0 Å². The van der Waals surface area contributed by atoms with E-state index in [1.54, 1.807) is 12.1 Å². The van der Waals surface area contributed by atoms with Crippen molar-refractivity contribution in [2.75, 3.05) is 11.9 Å². The summed E-state index contributed by atoms with van der Waals surface area (Å²) < 4.78 is 4.67. The summed E-state index contributed by atoms with van der Waals surface area (Å²) in [5.41, 5.74) is 11.0. The highest BCUT2D eigenvalue weighted by Gasteiger charge is 2.36. The molecule has 1 aliphatic rings. The molecule has 228 valence electrons. The highest BCUT2D eigenvalue weighted by atomic mass is 32.1. The van der Waals surface area contributed by atoms with Gasteiger partial charge in [0.05, 0.1) is 11.7 Å². The molecule has 2 rings (SSSR count). The highest BCUT2D eigenvalue weighted by Crippen LogP contribution is 2.17. The lowest BCUT2D eigenvalue weighted by molar-refractivity contribution is -0.139. The fourth-order valence-electron chi connectivity index (χ4n) is 3.67. The molecule has 0 aliphatic carbocycles. The van der Waals surface area contributed by atoms with E-state index in [1.807, 2.05) is 0 Å². The molecule has 1 fully saturated rings. The number of anilines is 1. The molecule has 17 heteroatoms. The van der Waals surface area contributed by atoms with E-state index in [0.29, 0.717) is 11.3 Å². The standard InChI is InChI=1S/C25H33N7O9S/c1-12(28-19(34)7-8-32-20(35)10-17(42)24(32)39)21(36)29-13(2)22(37)31-16(9-18(26)33)23(38)30-15-5-3-14(4-6-15)11-41-25(27)40/h3-6,12-13,16-17,42H,7-11H2,1-2H3,(H2,26,33)(H2,27,40)(H,28,34)(H,29,36)(H,30,38)(H,31,37)/t12?,13-,16?,17?/m0/s1. The Labute approximate surface area is 246 Å². The van der Waals surface area contributed by atoms with Crippen LogP contribution in [-0.4, -0.2) is 82.3 Å². The van der Waals surface area contributed by atoms with Crippen LogP contribution in [0.4, 0.5) is 10.5 Å². The number of nitrogens with one attached hydrogen (secondary N) is 4. The normalized spacial score (nSPS) is 16.5. The van der Waals surface area contributed by atoms with Crippen molar-refractivity contribution < 1.29 is 43.1 Å². The van der Waals surface area contributed by atoms with E-state index in [2.05, 4.69) is 38.6 Å². The second-order valence-electron chi connectivity index (χ2n) is 9.40. The Hall–Kier alpha value is -4.67. The maximum absolute atomic E-state index is 12.8. The number of carbonyl (C=O) groups excluding carboxylic acids is 8. The molecule has 0 radical (unpaired) electrons. The zero-order valence-electron chi connectivity index (χ0n) is 22.9. The minimum absolute atomic E-state index is 0.0487. The number of ether oxygens (including phenoxy) is 1. The van der Waals surface area contributed by atoms with E-state index in [-0.39, 0.29) is 26.0 Å². The largest absolute Gasteiger partial charge is 0.445 e. The number of carbonyl (C=O) groups is 8. The Kier molecular flexibility index (Phi) is 12.3. The van der Waals surface area contributed by atoms with Gasteiger partial charge in [-0.25, -0.2) is 4.79 Å². The van der Waals surface area contributed by atoms with Gasteiger partial charge in [0, 0.05) is 25.1 Å². The fraction of sp³-hybridized carbons (Fsp3) is 0.440. The molecule has 1 heterocycles. The quantitative estimate of drug-likeness (QED) is 0.0914. The number of rotatable bonds is 14. The van der Waals surface area contributed by atoms with Crippen molar-refractivity contribution >= 4 is 65.8 Å². The summed E-state index contributed by atoms with van der Waals surface area (Å²) in [6, 6.07) is 2.46. The molecule has 3 unspecified atom stereocenters. The first-order valence-electron chi connectivity index (χ1n) is 12.7. The summed E-state index contributed by atoms with van der Waals surface area (Å²) >= 11 is 4.01. The van der Waals surface area contributed by atoms with Crippen LogP contribution in [0.1, 0.15) is 38.7 Å². The summed E-state index contributed by atoms with van der Waals surface area (Å²) in [4.78, 5) is 97.1. The maximum Gasteiger partial charge on any atom is 0.404 e. The average Bonchev–Trinajstić information content (AvgIpc) is 3.15. The number of benzene rings is 1. The van der Waals surface area contributed by atoms with Crippen LogP contribution >= 0.6 is 12.6 Å². The molecular formula is C25H33N7O9S. The number of hydrogen-bond acceptors (Lipinski definition) is 10. The summed E-state index contributed by atoms with van der Waals surface area (Å²) in [7, 11) is 0. The van der Waals surface area contributed by atoms with Crippen LogP contribution in [0, 0.1) is 0 Å². The van der Waals surface area contributed by atoms with Gasteiger partial charge < -0.3 is 37.5 Å². The molecule has 0 saturated carbocycles. The number of nitrogens with two attached hydrogens (primary N) is 2. The lowest BCUT2D eigenvalue weighted by Gasteiger charge is -2.22. The third kappa shape index (κ3) is 10.4. The topological polar surface area (TPSA) is 249 Å². The van der Waals surface area contributed by atoms with E-state index in [9.17, 15) is 38.4 Å². The molecule has 4 atom stereocenters. The SMILES string of the molecule is CC(NC(=O)CCN1C(=O)CC(S)C1=O)C(=O)N[C@@H](C)C(=O)NC(CC(N)=O)C(=O)Nc1ccc(COC(N)=O)cc1. The van der Waals surface area contributed by atoms with Crippen LogP contribution in [0.5, 0.6) is 0 Å². The predicted molar refractivity (Wildman–Crippen MR) is 149 cm³/mol. The van der Waals surface area contributed by atoms with Crippen molar-refractivity contribution in [1.29, 1.82) is 0 Å². The fourth-order valence-corrected chi connectivity index (χ4v) is 3.97. The van der Waals surface area contributed by atoms with Crippen molar-refractivity contribution in [3.63, 3.8) is 0 Å². The van der Waals surface area contributed by atoms with Crippen molar-refractivity contribution in [2.45, 2.75) is 63.1 Å². The molecule has 42 heavy (non-hydrogen) atoms. The smallest absolute Gasteiger partial charge is 0.404 e. The Bertz CT molecular complexity index is 1240. The molecule has 0 bridgehead atoms. The molecular weight excluding hydrogens is 574 g/mol. The zero-order chi connectivity index (χ0) is 31.6. The van der Waals surface area contributed by atoms with Gasteiger partial charge in [-0.15, -0.1) is 0 Å². The van der Waals surface area contributed by atoms with Crippen molar-refractivity contribution in [3.8, 4) is 0 Å². The number of thiol groups is 1. The van der Waals surface area contributed by atoms with Crippen molar-refractivity contribution in [2.24, 2.45) is 11.5 Å². The van der Waals surface area contributed by atoms with Crippen molar-refractivity contribution in [3.05, 3.63) is 29.8 Å². The number of nitrogens with zero attached hydrogens (tertiary/aromatic N) is 1. The lowest BCUT2D eigenvalue weighted by atomic mass is 10.1. The van der Waals surface area contributed by atoms with E-state index in [4.69, 9.17) is 11.5 Å². The van der Waals surface area contributed by atoms with Crippen LogP contribution in [0.2, 0.25) is 0 Å². The van der Waals surface area contributed by atoms with Crippen LogP contribution in [0.3, 0.4) is 0 Å². The average molecular weight is 608 g/mol. The van der Waals surface area contributed by atoms with E-state index in [0.717, 1.165) is 4.90 Å². The van der Waals surface area contributed by atoms with E-state index in [1.165, 1.54) is 26.0 Å². The van der Waals surface area contributed by atoms with Gasteiger partial charge in [0.25, 0.3) is 0 Å². The van der Waals surface area contributed by atoms with Crippen LogP contribution < -0.4 is 32.7 Å². The molecule has 1 aromatic carbocycles. The first kappa shape index (κ1) is 33.5. The van der Waals surface area contributed by atoms with Gasteiger partial charge >= 0.3 is 6.09 Å². The number of imide groups is 1. The molecule has 16 nitrogen and oxygen atoms in total. The second-order valence-corrected chi connectivity index (χ2v) is 10.0. The van der Waals surface area contributed by atoms with Gasteiger partial charge in [-0.1, -0.05) is 12.1 Å². The minimum atomic E-state index is -1.38. The molecule has 8 N–H and O–H groups in total. The number of amides is 8. The Morgan fingerprint density at radius 1 is 0.952 bits per heavy atom. The van der Waals surface area contributed by atoms with Crippen LogP contribution in [0.15, 0.2) is 24.3 Å². The van der Waals surface area contributed by atoms with Gasteiger partial charge in [-0.3, -0.25) is 38.5 Å². The number of hydrogen-bond donors (Lipinski definition) is 7. The van der Waals surface area contributed by atoms with Gasteiger partial charge in [0.1, 0.15) is 24.7 Å². The van der Waals surface area contributed by atoms with Crippen LogP contribution in [-0.2, 0) is 44.9 Å². The first-order valence-corrected chi connectivity index (χ1v) is 13.2. The van der Waals surface area contributed by atoms with Gasteiger partial charge in [-0.05, 0) is 31.5 Å². The molecule has 0 aromatic heterocycles. The molecule has 0 spiro atoms. The summed E-state index contributed by atoms with van der Waals surface area (Å²) in [6.45, 7) is 2.45. The first-order chi connectivity index (χ1) is 19.7. The van der Waals surface area contributed by atoms with Crippen LogP contribution in [0.25, 0.3) is 0 Å². The summed E-state index contributed by atoms with van der Waals surface area (Å²) in [6.07, 6.45) is -1.77. The number of primary amides is 2. The lowest BCUT2D eigenvalue weighted by Crippen LogP contribution is -2.55. The predicted octanol–water partition coefficient (Wildman–Crippen LogP) is -1.96. The third-order valence-corrected chi connectivity index (χ3v) is 6.35. The Morgan fingerprint density at radius 3 is 2.10 bits per heavy atom. The number of likely N-dealkylation sites (tertiary alicyclic amines) is 1. The zero-order valence-corrected chi connectivity index (χ0v) is 23.8. The Morgan fingerprint density at radius 2 is 1.55 bits per heavy atom. The van der Waals surface area contributed by atoms with E-state index < -0.39 is 77.2 Å². The summed E-state index contributed by atoms with van der Waals surface area (Å²) in [5, 5.41) is 8.94. The monoisotopic (exact) mass is 607 g/mol.